The van der Waals surface area contributed by atoms with Crippen molar-refractivity contribution in [2.45, 2.75) is 26.3 Å². The third kappa shape index (κ3) is 3.03. The summed E-state index contributed by atoms with van der Waals surface area (Å²) in [6, 6.07) is 14.0. The molecule has 0 saturated heterocycles. The van der Waals surface area contributed by atoms with Gasteiger partial charge in [0, 0.05) is 17.0 Å². The van der Waals surface area contributed by atoms with Crippen LogP contribution in [0.1, 0.15) is 31.0 Å². The minimum atomic E-state index is 0.332. The maximum absolute atomic E-state index is 6.21. The molecule has 0 aliphatic carbocycles. The van der Waals surface area contributed by atoms with Gasteiger partial charge >= 0.3 is 0 Å². The maximum Gasteiger partial charge on any atom is 0.162 e. The van der Waals surface area contributed by atoms with Gasteiger partial charge in [0.25, 0.3) is 0 Å². The Balaban J connectivity index is 1.65. The van der Waals surface area contributed by atoms with Crippen LogP contribution in [0.15, 0.2) is 48.7 Å². The second-order valence-corrected chi connectivity index (χ2v) is 6.69. The average molecular weight is 352 g/mol. The third-order valence-electron chi connectivity index (χ3n) is 4.20. The Labute approximate surface area is 150 Å². The molecule has 3 aromatic heterocycles. The van der Waals surface area contributed by atoms with Gasteiger partial charge in [-0.1, -0.05) is 49.7 Å². The van der Waals surface area contributed by atoms with Crippen LogP contribution in [0.2, 0.25) is 5.15 Å². The summed E-state index contributed by atoms with van der Waals surface area (Å²) >= 11 is 6.21. The van der Waals surface area contributed by atoms with Crippen LogP contribution in [0.4, 0.5) is 5.82 Å². The molecule has 4 aromatic rings. The van der Waals surface area contributed by atoms with E-state index in [1.54, 1.807) is 10.6 Å². The minimum absolute atomic E-state index is 0.332. The summed E-state index contributed by atoms with van der Waals surface area (Å²) in [6.07, 6.45) is 1.85. The second kappa shape index (κ2) is 6.33. The first-order valence-corrected chi connectivity index (χ1v) is 8.62. The van der Waals surface area contributed by atoms with E-state index < -0.39 is 0 Å². The Hall–Kier alpha value is -2.66. The van der Waals surface area contributed by atoms with Gasteiger partial charge in [0.05, 0.1) is 24.0 Å². The van der Waals surface area contributed by atoms with Crippen molar-refractivity contribution >= 4 is 34.0 Å². The van der Waals surface area contributed by atoms with Gasteiger partial charge in [-0.15, -0.1) is 0 Å². The molecule has 0 radical (unpaired) electrons. The van der Waals surface area contributed by atoms with E-state index in [2.05, 4.69) is 46.4 Å². The van der Waals surface area contributed by atoms with Gasteiger partial charge in [-0.05, 0) is 18.1 Å². The summed E-state index contributed by atoms with van der Waals surface area (Å²) in [7, 11) is 0. The lowest BCUT2D eigenvalue weighted by Gasteiger charge is -2.10. The van der Waals surface area contributed by atoms with Crippen molar-refractivity contribution in [3.05, 3.63) is 65.1 Å². The summed E-state index contributed by atoms with van der Waals surface area (Å²) < 4.78 is 1.79. The first kappa shape index (κ1) is 15.8. The van der Waals surface area contributed by atoms with E-state index in [0.717, 1.165) is 33.6 Å². The fourth-order valence-corrected chi connectivity index (χ4v) is 3.05. The van der Waals surface area contributed by atoms with Crippen LogP contribution in [-0.2, 0) is 6.54 Å². The van der Waals surface area contributed by atoms with Gasteiger partial charge in [0.15, 0.2) is 5.65 Å². The third-order valence-corrected chi connectivity index (χ3v) is 4.39. The molecule has 126 valence electrons. The highest BCUT2D eigenvalue weighted by Crippen LogP contribution is 2.24. The van der Waals surface area contributed by atoms with Crippen molar-refractivity contribution in [1.82, 2.24) is 19.6 Å². The largest absolute Gasteiger partial charge is 0.364 e. The van der Waals surface area contributed by atoms with Crippen LogP contribution in [-0.4, -0.2) is 19.6 Å². The van der Waals surface area contributed by atoms with E-state index in [-0.39, 0.29) is 0 Å². The molecular weight excluding hydrogens is 334 g/mol. The van der Waals surface area contributed by atoms with Crippen molar-refractivity contribution in [2.75, 3.05) is 5.32 Å². The quantitative estimate of drug-likeness (QED) is 0.543. The van der Waals surface area contributed by atoms with Crippen LogP contribution in [0.25, 0.3) is 16.6 Å². The van der Waals surface area contributed by atoms with E-state index >= 15 is 0 Å². The van der Waals surface area contributed by atoms with Gasteiger partial charge in [-0.25, -0.2) is 4.98 Å². The Kier molecular flexibility index (Phi) is 4.01. The van der Waals surface area contributed by atoms with Crippen molar-refractivity contribution in [3.63, 3.8) is 0 Å². The molecule has 1 N–H and O–H groups in total. The molecule has 4 rings (SSSR count). The molecule has 0 bridgehead atoms. The number of anilines is 1. The molecule has 25 heavy (non-hydrogen) atoms. The predicted octanol–water partition coefficient (Wildman–Crippen LogP) is 4.67. The monoisotopic (exact) mass is 351 g/mol. The van der Waals surface area contributed by atoms with Gasteiger partial charge in [-0.3, -0.25) is 4.98 Å². The molecule has 0 unspecified atom stereocenters. The Morgan fingerprint density at radius 1 is 1.12 bits per heavy atom. The van der Waals surface area contributed by atoms with E-state index in [1.807, 2.05) is 30.5 Å². The molecule has 0 saturated carbocycles. The second-order valence-electron chi connectivity index (χ2n) is 6.30. The molecule has 6 heteroatoms. The first-order valence-electron chi connectivity index (χ1n) is 8.24. The van der Waals surface area contributed by atoms with Crippen molar-refractivity contribution in [2.24, 2.45) is 0 Å². The summed E-state index contributed by atoms with van der Waals surface area (Å²) in [5.41, 5.74) is 3.81. The van der Waals surface area contributed by atoms with Gasteiger partial charge < -0.3 is 5.32 Å². The zero-order chi connectivity index (χ0) is 17.4. The number of pyridine rings is 1. The van der Waals surface area contributed by atoms with E-state index in [9.17, 15) is 0 Å². The zero-order valence-electron chi connectivity index (χ0n) is 14.1. The number of fused-ring (bicyclic) bond motifs is 2. The van der Waals surface area contributed by atoms with E-state index in [1.165, 1.54) is 0 Å². The molecular formula is C19H18ClN5. The number of hydrogen-bond donors (Lipinski definition) is 1. The van der Waals surface area contributed by atoms with Gasteiger partial charge in [0.1, 0.15) is 11.0 Å². The Bertz CT molecular complexity index is 1050. The fraction of sp³-hybridized carbons (Fsp3) is 0.211. The number of halogens is 1. The number of hydrogen-bond acceptors (Lipinski definition) is 4. The Morgan fingerprint density at radius 2 is 1.96 bits per heavy atom. The smallest absolute Gasteiger partial charge is 0.162 e. The lowest BCUT2D eigenvalue weighted by atomic mass is 10.1. The first-order chi connectivity index (χ1) is 12.1. The minimum Gasteiger partial charge on any atom is -0.364 e. The standard InChI is InChI=1S/C19H18ClN5/c1-12(2)15-11-22-25-18(9-17(20)24-19(15)25)21-10-14-8-7-13-5-3-4-6-16(13)23-14/h3-9,11-12,21H,10H2,1-2H3. The molecule has 5 nitrogen and oxygen atoms in total. The van der Waals surface area contributed by atoms with Crippen LogP contribution >= 0.6 is 11.6 Å². The van der Waals surface area contributed by atoms with E-state index in [4.69, 9.17) is 11.6 Å². The molecule has 0 fully saturated rings. The lowest BCUT2D eigenvalue weighted by molar-refractivity contribution is 0.871. The molecule has 0 aliphatic heterocycles. The highest BCUT2D eigenvalue weighted by molar-refractivity contribution is 6.29. The Morgan fingerprint density at radius 3 is 2.80 bits per heavy atom. The highest BCUT2D eigenvalue weighted by atomic mass is 35.5. The van der Waals surface area contributed by atoms with Crippen LogP contribution in [0.5, 0.6) is 0 Å². The van der Waals surface area contributed by atoms with Crippen molar-refractivity contribution in [3.8, 4) is 0 Å². The lowest BCUT2D eigenvalue weighted by Crippen LogP contribution is -2.07. The van der Waals surface area contributed by atoms with Gasteiger partial charge in [0.2, 0.25) is 0 Å². The van der Waals surface area contributed by atoms with Crippen molar-refractivity contribution < 1.29 is 0 Å². The van der Waals surface area contributed by atoms with Gasteiger partial charge in [-0.2, -0.15) is 9.61 Å². The van der Waals surface area contributed by atoms with Crippen LogP contribution in [0.3, 0.4) is 0 Å². The normalized spacial score (nSPS) is 11.5. The predicted molar refractivity (Wildman–Crippen MR) is 101 cm³/mol. The molecule has 0 spiro atoms. The number of rotatable bonds is 4. The summed E-state index contributed by atoms with van der Waals surface area (Å²) in [4.78, 5) is 9.11. The zero-order valence-corrected chi connectivity index (χ0v) is 14.8. The maximum atomic E-state index is 6.21. The molecule has 1 aromatic carbocycles. The number of aromatic nitrogens is 4. The number of benzene rings is 1. The van der Waals surface area contributed by atoms with E-state index in [0.29, 0.717) is 17.6 Å². The SMILES string of the molecule is CC(C)c1cnn2c(NCc3ccc4ccccc4n3)cc(Cl)nc12. The topological polar surface area (TPSA) is 55.1 Å². The molecule has 0 atom stereocenters. The average Bonchev–Trinajstić information content (AvgIpc) is 3.03. The van der Waals surface area contributed by atoms with Crippen molar-refractivity contribution in [1.29, 1.82) is 0 Å². The van der Waals surface area contributed by atoms with Crippen LogP contribution in [0, 0.1) is 0 Å². The number of para-hydroxylation sites is 1. The molecule has 0 aliphatic rings. The van der Waals surface area contributed by atoms with Crippen LogP contribution < -0.4 is 5.32 Å². The fourth-order valence-electron chi connectivity index (χ4n) is 2.87. The number of nitrogens with zero attached hydrogens (tertiary/aromatic N) is 4. The summed E-state index contributed by atoms with van der Waals surface area (Å²) in [5, 5.41) is 9.41. The molecule has 0 amide bonds. The number of nitrogens with one attached hydrogen (secondary N) is 1. The molecule has 3 heterocycles. The summed E-state index contributed by atoms with van der Waals surface area (Å²) in [6.45, 7) is 4.81. The summed E-state index contributed by atoms with van der Waals surface area (Å²) in [5.74, 6) is 1.13. The highest BCUT2D eigenvalue weighted by Gasteiger charge is 2.13.